The third-order valence-electron chi connectivity index (χ3n) is 3.87. The summed E-state index contributed by atoms with van der Waals surface area (Å²) in [6.45, 7) is 4.17. The fraction of sp³-hybridized carbons (Fsp3) is 0.0800. The number of hydrogen-bond donors (Lipinski definition) is 0. The van der Waals surface area contributed by atoms with Gasteiger partial charge in [0.15, 0.2) is 0 Å². The molecule has 0 saturated heterocycles. The van der Waals surface area contributed by atoms with Crippen molar-refractivity contribution >= 4 is 40.5 Å². The normalized spacial score (nSPS) is 15.9. The van der Waals surface area contributed by atoms with Gasteiger partial charge in [-0.15, -0.1) is 0 Å². The summed E-state index contributed by atoms with van der Waals surface area (Å²) < 4.78 is 0.428. The minimum absolute atomic E-state index is 0. The summed E-state index contributed by atoms with van der Waals surface area (Å²) in [7, 11) is 0. The van der Waals surface area contributed by atoms with Crippen molar-refractivity contribution in [2.24, 2.45) is 0 Å². The molecular weight excluding hydrogens is 551 g/mol. The van der Waals surface area contributed by atoms with E-state index in [1.165, 1.54) is 11.8 Å². The first kappa shape index (κ1) is 27.1. The molecule has 0 aliphatic heterocycles. The summed E-state index contributed by atoms with van der Waals surface area (Å²) in [5.74, 6) is 2.69. The van der Waals surface area contributed by atoms with Crippen LogP contribution in [0.15, 0.2) is 60.7 Å². The Morgan fingerprint density at radius 2 is 0.966 bits per heavy atom. The molecule has 0 atom stereocenters. The zero-order chi connectivity index (χ0) is 20.2. The van der Waals surface area contributed by atoms with Crippen LogP contribution in [0.2, 0.25) is 0 Å². The molecule has 0 spiro atoms. The molecule has 0 unspecified atom stereocenters. The zero-order valence-electron chi connectivity index (χ0n) is 16.4. The van der Waals surface area contributed by atoms with E-state index >= 15 is 0 Å². The van der Waals surface area contributed by atoms with E-state index in [-0.39, 0.29) is 46.9 Å². The van der Waals surface area contributed by atoms with E-state index in [2.05, 4.69) is 39.5 Å². The Balaban J connectivity index is 0.000000265. The molecule has 2 aliphatic rings. The Bertz CT molecular complexity index is 612. The summed E-state index contributed by atoms with van der Waals surface area (Å²) in [5, 5.41) is 0. The first-order chi connectivity index (χ1) is 13.6. The van der Waals surface area contributed by atoms with Gasteiger partial charge in [0.2, 0.25) is 0 Å². The van der Waals surface area contributed by atoms with Gasteiger partial charge in [-0.05, 0) is 87.5 Å². The second-order valence-electron chi connectivity index (χ2n) is 6.20. The number of anilines is 2. The topological polar surface area (TPSA) is 3.24 Å². The molecule has 0 aromatic heterocycles. The molecule has 153 valence electrons. The minimum atomic E-state index is 0. The van der Waals surface area contributed by atoms with E-state index in [1.54, 1.807) is 0 Å². The molecule has 1 nitrogen and oxygen atoms in total. The molecule has 0 heterocycles. The van der Waals surface area contributed by atoms with Crippen molar-refractivity contribution in [2.75, 3.05) is 4.90 Å². The minimum Gasteiger partial charge on any atom is -0.411 e. The van der Waals surface area contributed by atoms with Crippen LogP contribution in [0.3, 0.4) is 0 Å². The van der Waals surface area contributed by atoms with Crippen LogP contribution in [-0.2, 0) is 12.6 Å². The quantitative estimate of drug-likeness (QED) is 0.298. The van der Waals surface area contributed by atoms with Crippen LogP contribution in [0.4, 0.5) is 11.4 Å². The third kappa shape index (κ3) is 10.8. The van der Waals surface area contributed by atoms with Crippen LogP contribution in [-0.4, -0.2) is 4.32 Å². The number of thiocarbonyl (C=S) groups is 1. The number of rotatable bonds is 2. The van der Waals surface area contributed by atoms with Gasteiger partial charge in [0, 0.05) is 11.4 Å². The Kier molecular flexibility index (Phi) is 14.8. The van der Waals surface area contributed by atoms with Crippen LogP contribution in [0.5, 0.6) is 0 Å². The predicted molar refractivity (Wildman–Crippen MR) is 127 cm³/mol. The van der Waals surface area contributed by atoms with Crippen molar-refractivity contribution in [3.05, 3.63) is 124 Å². The van der Waals surface area contributed by atoms with Crippen LogP contribution >= 0.6 is 12.2 Å². The molecule has 29 heavy (non-hydrogen) atoms. The molecule has 4 rings (SSSR count). The number of benzene rings is 2. The van der Waals surface area contributed by atoms with Crippen molar-refractivity contribution in [3.8, 4) is 0 Å². The molecule has 2 aromatic rings. The van der Waals surface area contributed by atoms with Gasteiger partial charge in [0.1, 0.15) is 0 Å². The first-order valence-corrected chi connectivity index (χ1v) is 9.87. The number of hydrogen-bond acceptors (Lipinski definition) is 2. The van der Waals surface area contributed by atoms with Gasteiger partial charge in [0.05, 0.1) is 0 Å². The maximum Gasteiger partial charge on any atom is 3.00 e. The molecule has 11 radical (unpaired) electrons. The monoisotopic (exact) mass is 576 g/mol. The van der Waals surface area contributed by atoms with Crippen LogP contribution < -0.4 is 4.90 Å². The maximum atomic E-state index is 5.12. The fourth-order valence-electron chi connectivity index (χ4n) is 2.45. The second-order valence-corrected chi connectivity index (χ2v) is 7.23. The van der Waals surface area contributed by atoms with E-state index in [1.807, 2.05) is 91.2 Å². The summed E-state index contributed by atoms with van der Waals surface area (Å²) >= 11 is 10.2. The number of nitrogens with zero attached hydrogens (tertiary/aromatic N) is 1. The third-order valence-corrected chi connectivity index (χ3v) is 4.24. The van der Waals surface area contributed by atoms with Crippen molar-refractivity contribution in [3.63, 3.8) is 0 Å². The summed E-state index contributed by atoms with van der Waals surface area (Å²) in [6.07, 6.45) is 16.5. The van der Waals surface area contributed by atoms with Crippen LogP contribution in [0, 0.1) is 110 Å². The van der Waals surface area contributed by atoms with Crippen molar-refractivity contribution in [1.29, 1.82) is 0 Å². The van der Waals surface area contributed by atoms with Crippen LogP contribution in [0.1, 0.15) is 13.8 Å². The average molecular weight is 576 g/mol. The van der Waals surface area contributed by atoms with Gasteiger partial charge in [-0.2, -0.15) is 0 Å². The molecule has 4 heteroatoms. The summed E-state index contributed by atoms with van der Waals surface area (Å²) in [5.41, 5.74) is 1.99. The van der Waals surface area contributed by atoms with Crippen molar-refractivity contribution < 1.29 is 46.9 Å². The van der Waals surface area contributed by atoms with Crippen molar-refractivity contribution in [2.45, 2.75) is 13.8 Å². The smallest absolute Gasteiger partial charge is 0.411 e. The van der Waals surface area contributed by atoms with E-state index in [9.17, 15) is 0 Å². The molecule has 0 amide bonds. The Hall–Kier alpha value is 0.0695. The predicted octanol–water partition coefficient (Wildman–Crippen LogP) is 6.48. The van der Waals surface area contributed by atoms with E-state index in [0.717, 1.165) is 11.4 Å². The van der Waals surface area contributed by atoms with Gasteiger partial charge in [-0.3, -0.25) is 0 Å². The molecule has 2 saturated carbocycles. The molecular formula is C25H24NS2Yb+2. The van der Waals surface area contributed by atoms with Gasteiger partial charge >= 0.3 is 46.9 Å². The second kappa shape index (κ2) is 15.8. The average Bonchev–Trinajstić information content (AvgIpc) is 3.38. The summed E-state index contributed by atoms with van der Waals surface area (Å²) in [4.78, 5) is 1.88. The molecule has 0 bridgehead atoms. The van der Waals surface area contributed by atoms with E-state index in [0.29, 0.717) is 4.32 Å². The fourth-order valence-corrected chi connectivity index (χ4v) is 2.88. The van der Waals surface area contributed by atoms with Gasteiger partial charge in [-0.25, -0.2) is 0 Å². The van der Waals surface area contributed by atoms with Gasteiger partial charge < -0.3 is 29.7 Å². The molecule has 0 N–H and O–H groups in total. The number of para-hydroxylation sites is 2. The zero-order valence-corrected chi connectivity index (χ0v) is 19.8. The molecule has 2 fully saturated rings. The standard InChI is InChI=1S/C13H11NS2.2C6H7.Yb/c15-13(16)14(11-7-3-1-4-8-11)12-9-5-2-6-10-12;2*1-6-4-2-3-5-6;/h1-10H,(H,15,16);2*2-5H,1H3;/q;;;+3/p-1. The van der Waals surface area contributed by atoms with Gasteiger partial charge in [0.25, 0.3) is 0 Å². The largest absolute Gasteiger partial charge is 3.00 e. The van der Waals surface area contributed by atoms with Crippen LogP contribution in [0.25, 0.3) is 0 Å². The summed E-state index contributed by atoms with van der Waals surface area (Å²) in [6, 6.07) is 19.8. The van der Waals surface area contributed by atoms with E-state index < -0.39 is 0 Å². The van der Waals surface area contributed by atoms with E-state index in [4.69, 9.17) is 24.8 Å². The first-order valence-electron chi connectivity index (χ1n) is 9.06. The van der Waals surface area contributed by atoms with Crippen molar-refractivity contribution in [1.82, 2.24) is 0 Å². The molecule has 2 aromatic carbocycles. The maximum absolute atomic E-state index is 5.12. The molecule has 2 aliphatic carbocycles. The van der Waals surface area contributed by atoms with Gasteiger partial charge in [-0.1, -0.05) is 54.6 Å². The Labute approximate surface area is 227 Å². The Morgan fingerprint density at radius 3 is 1.17 bits per heavy atom. The Morgan fingerprint density at radius 1 is 0.655 bits per heavy atom. The SMILES string of the molecule is C[C]1[CH][CH][CH][CH]1.C[C]1[CH][CH][CH][CH]1.S=C([S-])N(c1ccccc1)c1ccccc1.[Yb+3].